The lowest BCUT2D eigenvalue weighted by Crippen LogP contribution is -2.29. The molecule has 0 saturated carbocycles. The number of aliphatic hydroxyl groups is 1. The van der Waals surface area contributed by atoms with E-state index in [0.717, 1.165) is 25.8 Å². The number of anilines is 2. The molecule has 0 aliphatic carbocycles. The average Bonchev–Trinajstić information content (AvgIpc) is 2.96. The van der Waals surface area contributed by atoms with Gasteiger partial charge in [-0.05, 0) is 31.4 Å². The second kappa shape index (κ2) is 4.49. The number of hydrogen-bond acceptors (Lipinski definition) is 3. The van der Waals surface area contributed by atoms with Crippen LogP contribution in [0.4, 0.5) is 15.8 Å². The molecule has 1 aromatic rings. The molecule has 102 valence electrons. The molecule has 19 heavy (non-hydrogen) atoms. The number of hydrogen-bond donors (Lipinski definition) is 2. The molecule has 2 heterocycles. The molecule has 2 aliphatic rings. The Morgan fingerprint density at radius 1 is 1.53 bits per heavy atom. The quantitative estimate of drug-likeness (QED) is 0.861. The van der Waals surface area contributed by atoms with Gasteiger partial charge in [0.15, 0.2) is 6.10 Å². The molecule has 2 N–H and O–H groups in total. The molecule has 3 rings (SSSR count). The Balaban J connectivity index is 2.00. The van der Waals surface area contributed by atoms with E-state index in [-0.39, 0.29) is 5.82 Å². The number of amides is 1. The molecule has 2 atom stereocenters. The lowest BCUT2D eigenvalue weighted by Gasteiger charge is -2.26. The van der Waals surface area contributed by atoms with Gasteiger partial charge in [0.05, 0.1) is 5.69 Å². The van der Waals surface area contributed by atoms with Gasteiger partial charge >= 0.3 is 0 Å². The smallest absolute Gasteiger partial charge is 0.257 e. The first-order valence-electron chi connectivity index (χ1n) is 6.70. The predicted molar refractivity (Wildman–Crippen MR) is 70.6 cm³/mol. The van der Waals surface area contributed by atoms with E-state index in [2.05, 4.69) is 17.1 Å². The molecule has 2 aliphatic heterocycles. The van der Waals surface area contributed by atoms with Crippen LogP contribution in [-0.2, 0) is 4.79 Å². The van der Waals surface area contributed by atoms with E-state index in [9.17, 15) is 14.3 Å². The van der Waals surface area contributed by atoms with Gasteiger partial charge in [0.2, 0.25) is 0 Å². The largest absolute Gasteiger partial charge is 0.378 e. The molecular formula is C14H17FN2O2. The zero-order valence-corrected chi connectivity index (χ0v) is 10.8. The van der Waals surface area contributed by atoms with Gasteiger partial charge in [-0.15, -0.1) is 0 Å². The maximum Gasteiger partial charge on any atom is 0.257 e. The first kappa shape index (κ1) is 12.4. The maximum atomic E-state index is 14.2. The van der Waals surface area contributed by atoms with Crippen LogP contribution in [0.25, 0.3) is 0 Å². The lowest BCUT2D eigenvalue weighted by molar-refractivity contribution is -0.123. The lowest BCUT2D eigenvalue weighted by atomic mass is 10.1. The number of fused-ring (bicyclic) bond motifs is 1. The highest BCUT2D eigenvalue weighted by Gasteiger charge is 2.32. The molecule has 5 heteroatoms. The number of nitrogens with zero attached hydrogens (tertiary/aromatic N) is 1. The van der Waals surface area contributed by atoms with Crippen molar-refractivity contribution in [1.29, 1.82) is 0 Å². The Hall–Kier alpha value is -1.62. The molecule has 0 aromatic heterocycles. The van der Waals surface area contributed by atoms with Gasteiger partial charge in [0.1, 0.15) is 5.82 Å². The number of rotatable bonds is 2. The number of carbonyl (C=O) groups excluding carboxylic acids is 1. The van der Waals surface area contributed by atoms with Crippen LogP contribution in [0.2, 0.25) is 0 Å². The predicted octanol–water partition coefficient (Wildman–Crippen LogP) is 2.19. The van der Waals surface area contributed by atoms with E-state index < -0.39 is 12.0 Å². The Bertz CT molecular complexity index is 532. The third-order valence-electron chi connectivity index (χ3n) is 4.08. The molecular weight excluding hydrogens is 247 g/mol. The van der Waals surface area contributed by atoms with E-state index >= 15 is 0 Å². The number of carbonyl (C=O) groups is 1. The summed E-state index contributed by atoms with van der Waals surface area (Å²) in [6.45, 7) is 2.94. The van der Waals surface area contributed by atoms with Crippen molar-refractivity contribution < 1.29 is 14.3 Å². The van der Waals surface area contributed by atoms with Crippen LogP contribution in [-0.4, -0.2) is 23.6 Å². The fourth-order valence-electron chi connectivity index (χ4n) is 3.05. The van der Waals surface area contributed by atoms with Crippen LogP contribution in [0.1, 0.15) is 37.9 Å². The van der Waals surface area contributed by atoms with Gasteiger partial charge in [0, 0.05) is 23.8 Å². The fourth-order valence-corrected chi connectivity index (χ4v) is 3.05. The molecule has 1 fully saturated rings. The summed E-state index contributed by atoms with van der Waals surface area (Å²) in [5.41, 5.74) is 1.38. The van der Waals surface area contributed by atoms with Crippen LogP contribution >= 0.6 is 0 Å². The van der Waals surface area contributed by atoms with Crippen molar-refractivity contribution in [3.05, 3.63) is 23.5 Å². The zero-order chi connectivity index (χ0) is 13.6. The first-order valence-corrected chi connectivity index (χ1v) is 6.70. The maximum absolute atomic E-state index is 14.2. The molecule has 0 radical (unpaired) electrons. The topological polar surface area (TPSA) is 52.6 Å². The average molecular weight is 264 g/mol. The van der Waals surface area contributed by atoms with Gasteiger partial charge in [-0.3, -0.25) is 4.79 Å². The molecule has 1 amide bonds. The minimum Gasteiger partial charge on any atom is -0.378 e. The van der Waals surface area contributed by atoms with Crippen molar-refractivity contribution in [3.8, 4) is 0 Å². The standard InChI is InChI=1S/C14H17FN2O2/c1-2-8-4-3-5-17(8)12-7-11-9(6-10(12)15)13(18)14(19)16-11/h6-8,13,18H,2-5H2,1H3,(H,16,19). The van der Waals surface area contributed by atoms with Crippen LogP contribution in [0.5, 0.6) is 0 Å². The highest BCUT2D eigenvalue weighted by atomic mass is 19.1. The first-order chi connectivity index (χ1) is 9.11. The van der Waals surface area contributed by atoms with Gasteiger partial charge < -0.3 is 15.3 Å². The third kappa shape index (κ3) is 1.89. The zero-order valence-electron chi connectivity index (χ0n) is 10.8. The summed E-state index contributed by atoms with van der Waals surface area (Å²) in [4.78, 5) is 13.5. The van der Waals surface area contributed by atoms with Crippen LogP contribution in [0.3, 0.4) is 0 Å². The molecule has 0 bridgehead atoms. The molecule has 2 unspecified atom stereocenters. The third-order valence-corrected chi connectivity index (χ3v) is 4.08. The summed E-state index contributed by atoms with van der Waals surface area (Å²) in [6.07, 6.45) is 1.86. The molecule has 1 aromatic carbocycles. The van der Waals surface area contributed by atoms with Crippen molar-refractivity contribution >= 4 is 17.3 Å². The summed E-state index contributed by atoms with van der Waals surface area (Å²) in [6, 6.07) is 3.28. The van der Waals surface area contributed by atoms with Crippen LogP contribution < -0.4 is 10.2 Å². The van der Waals surface area contributed by atoms with E-state index in [1.165, 1.54) is 6.07 Å². The summed E-state index contributed by atoms with van der Waals surface area (Å²) < 4.78 is 14.2. The number of halogens is 1. The summed E-state index contributed by atoms with van der Waals surface area (Å²) >= 11 is 0. The number of nitrogens with one attached hydrogen (secondary N) is 1. The highest BCUT2D eigenvalue weighted by molar-refractivity contribution is 6.02. The molecule has 1 saturated heterocycles. The van der Waals surface area contributed by atoms with E-state index in [1.54, 1.807) is 6.07 Å². The number of benzene rings is 1. The Kier molecular flexibility index (Phi) is 2.93. The molecule has 4 nitrogen and oxygen atoms in total. The van der Waals surface area contributed by atoms with Crippen molar-refractivity contribution in [2.24, 2.45) is 0 Å². The van der Waals surface area contributed by atoms with Crippen molar-refractivity contribution in [2.45, 2.75) is 38.3 Å². The van der Waals surface area contributed by atoms with E-state index in [1.807, 2.05) is 0 Å². The Morgan fingerprint density at radius 3 is 3.05 bits per heavy atom. The number of aliphatic hydroxyl groups excluding tert-OH is 1. The van der Waals surface area contributed by atoms with Crippen molar-refractivity contribution in [2.75, 3.05) is 16.8 Å². The minimum atomic E-state index is -1.25. The van der Waals surface area contributed by atoms with Gasteiger partial charge in [-0.1, -0.05) is 6.92 Å². The monoisotopic (exact) mass is 264 g/mol. The van der Waals surface area contributed by atoms with Crippen molar-refractivity contribution in [1.82, 2.24) is 0 Å². The molecule has 0 spiro atoms. The second-order valence-electron chi connectivity index (χ2n) is 5.18. The highest BCUT2D eigenvalue weighted by Crippen LogP contribution is 2.38. The summed E-state index contributed by atoms with van der Waals surface area (Å²) in [7, 11) is 0. The van der Waals surface area contributed by atoms with E-state index in [0.29, 0.717) is 23.0 Å². The normalized spacial score (nSPS) is 25.6. The second-order valence-corrected chi connectivity index (χ2v) is 5.18. The summed E-state index contributed by atoms with van der Waals surface area (Å²) in [5, 5.41) is 12.2. The SMILES string of the molecule is CCC1CCCN1c1cc2c(cc1F)C(O)C(=O)N2. The Labute approximate surface area is 111 Å². The van der Waals surface area contributed by atoms with Gasteiger partial charge in [-0.25, -0.2) is 4.39 Å². The fraction of sp³-hybridized carbons (Fsp3) is 0.500. The summed E-state index contributed by atoms with van der Waals surface area (Å²) in [5.74, 6) is -0.852. The van der Waals surface area contributed by atoms with Crippen molar-refractivity contribution in [3.63, 3.8) is 0 Å². The van der Waals surface area contributed by atoms with Gasteiger partial charge in [0.25, 0.3) is 5.91 Å². The van der Waals surface area contributed by atoms with Crippen LogP contribution in [0, 0.1) is 5.82 Å². The van der Waals surface area contributed by atoms with E-state index in [4.69, 9.17) is 0 Å². The Morgan fingerprint density at radius 2 is 2.32 bits per heavy atom. The van der Waals surface area contributed by atoms with Crippen LogP contribution in [0.15, 0.2) is 12.1 Å². The minimum absolute atomic E-state index is 0.332. The van der Waals surface area contributed by atoms with Gasteiger partial charge in [-0.2, -0.15) is 0 Å².